The van der Waals surface area contributed by atoms with E-state index in [0.717, 1.165) is 12.1 Å². The Bertz CT molecular complexity index is 344. The maximum absolute atomic E-state index is 12.8. The summed E-state index contributed by atoms with van der Waals surface area (Å²) in [6.45, 7) is 0. The van der Waals surface area contributed by atoms with Crippen molar-refractivity contribution in [2.75, 3.05) is 0 Å². The van der Waals surface area contributed by atoms with Crippen molar-refractivity contribution in [2.24, 2.45) is 0 Å². The molecule has 0 saturated carbocycles. The maximum Gasteiger partial charge on any atom is 0.164 e. The van der Waals surface area contributed by atoms with Gasteiger partial charge in [0, 0.05) is 5.56 Å². The number of nitrogens with zero attached hydrogens (tertiary/aromatic N) is 1. The minimum absolute atomic E-state index is 0.169. The lowest BCUT2D eigenvalue weighted by atomic mass is 10.1. The van der Waals surface area contributed by atoms with Gasteiger partial charge in [-0.2, -0.15) is 5.26 Å². The van der Waals surface area contributed by atoms with E-state index in [1.807, 2.05) is 0 Å². The molecule has 2 N–H and O–H groups in total. The third-order valence-electron chi connectivity index (χ3n) is 1.46. The molecule has 1 rings (SSSR count). The average molecular weight is 167 g/mol. The first-order chi connectivity index (χ1) is 5.66. The number of phenolic OH excluding ortho intramolecular Hbond substituents is 2. The molecule has 0 unspecified atom stereocenters. The summed E-state index contributed by atoms with van der Waals surface area (Å²) in [5.74, 6) is -1.66. The predicted octanol–water partition coefficient (Wildman–Crippen LogP) is 1.30. The monoisotopic (exact) mass is 167 g/mol. The second-order valence-electron chi connectivity index (χ2n) is 2.23. The largest absolute Gasteiger partial charge is 0.504 e. The topological polar surface area (TPSA) is 64.2 Å². The highest BCUT2D eigenvalue weighted by Crippen LogP contribution is 2.30. The van der Waals surface area contributed by atoms with E-state index >= 15 is 0 Å². The lowest BCUT2D eigenvalue weighted by Gasteiger charge is -2.02. The Morgan fingerprint density at radius 2 is 2.08 bits per heavy atom. The lowest BCUT2D eigenvalue weighted by Crippen LogP contribution is -1.89. The van der Waals surface area contributed by atoms with E-state index in [1.165, 1.54) is 0 Å². The molecule has 1 aromatic carbocycles. The molecule has 0 bridgehead atoms. The fourth-order valence-electron chi connectivity index (χ4n) is 0.847. The Morgan fingerprint density at radius 3 is 2.67 bits per heavy atom. The number of benzene rings is 1. The molecule has 0 amide bonds. The first kappa shape index (κ1) is 8.34. The minimum Gasteiger partial charge on any atom is -0.504 e. The standard InChI is InChI=1S/C8H6FNO2/c9-6-1-2-7(11)8(12)5(6)3-4-10/h1-2,11-12H,3H2. The summed E-state index contributed by atoms with van der Waals surface area (Å²) in [6, 6.07) is 3.72. The van der Waals surface area contributed by atoms with Crippen molar-refractivity contribution in [3.8, 4) is 17.6 Å². The highest BCUT2D eigenvalue weighted by atomic mass is 19.1. The molecule has 0 aliphatic carbocycles. The van der Waals surface area contributed by atoms with Crippen LogP contribution in [0.15, 0.2) is 12.1 Å². The molecular weight excluding hydrogens is 161 g/mol. The molecule has 0 aliphatic heterocycles. The van der Waals surface area contributed by atoms with Gasteiger partial charge in [0.15, 0.2) is 11.5 Å². The zero-order valence-corrected chi connectivity index (χ0v) is 6.08. The quantitative estimate of drug-likeness (QED) is 0.619. The molecule has 62 valence electrons. The Balaban J connectivity index is 3.25. The van der Waals surface area contributed by atoms with Crippen LogP contribution in [-0.4, -0.2) is 10.2 Å². The molecular formula is C8H6FNO2. The van der Waals surface area contributed by atoms with Crippen LogP contribution in [0, 0.1) is 17.1 Å². The van der Waals surface area contributed by atoms with E-state index in [9.17, 15) is 4.39 Å². The number of phenols is 2. The summed E-state index contributed by atoms with van der Waals surface area (Å²) in [7, 11) is 0. The van der Waals surface area contributed by atoms with Crippen LogP contribution in [0.3, 0.4) is 0 Å². The van der Waals surface area contributed by atoms with Crippen molar-refractivity contribution in [3.05, 3.63) is 23.5 Å². The molecule has 12 heavy (non-hydrogen) atoms. The van der Waals surface area contributed by atoms with Crippen molar-refractivity contribution in [1.82, 2.24) is 0 Å². The van der Waals surface area contributed by atoms with Crippen LogP contribution in [0.25, 0.3) is 0 Å². The van der Waals surface area contributed by atoms with Gasteiger partial charge >= 0.3 is 0 Å². The zero-order chi connectivity index (χ0) is 9.14. The molecule has 0 heterocycles. The highest BCUT2D eigenvalue weighted by molar-refractivity contribution is 5.46. The van der Waals surface area contributed by atoms with E-state index in [2.05, 4.69) is 0 Å². The van der Waals surface area contributed by atoms with E-state index in [1.54, 1.807) is 6.07 Å². The number of hydrogen-bond donors (Lipinski definition) is 2. The number of rotatable bonds is 1. The normalized spacial score (nSPS) is 9.33. The molecule has 0 aliphatic rings. The third kappa shape index (κ3) is 1.30. The van der Waals surface area contributed by atoms with Gasteiger partial charge in [-0.15, -0.1) is 0 Å². The van der Waals surface area contributed by atoms with Crippen LogP contribution in [0.5, 0.6) is 11.5 Å². The first-order valence-corrected chi connectivity index (χ1v) is 3.23. The lowest BCUT2D eigenvalue weighted by molar-refractivity contribution is 0.395. The molecule has 1 aromatic rings. The van der Waals surface area contributed by atoms with Crippen LogP contribution in [0.4, 0.5) is 4.39 Å². The Morgan fingerprint density at radius 1 is 1.42 bits per heavy atom. The van der Waals surface area contributed by atoms with E-state index in [-0.39, 0.29) is 12.0 Å². The van der Waals surface area contributed by atoms with Gasteiger partial charge < -0.3 is 10.2 Å². The van der Waals surface area contributed by atoms with Crippen molar-refractivity contribution in [3.63, 3.8) is 0 Å². The van der Waals surface area contributed by atoms with E-state index < -0.39 is 17.3 Å². The third-order valence-corrected chi connectivity index (χ3v) is 1.46. The summed E-state index contributed by atoms with van der Waals surface area (Å²) in [6.07, 6.45) is -0.258. The SMILES string of the molecule is N#CCc1c(F)ccc(O)c1O. The Labute approximate surface area is 68.3 Å². The summed E-state index contributed by atoms with van der Waals surface area (Å²) < 4.78 is 12.8. The van der Waals surface area contributed by atoms with Crippen molar-refractivity contribution < 1.29 is 14.6 Å². The van der Waals surface area contributed by atoms with Gasteiger partial charge in [0.25, 0.3) is 0 Å². The Kier molecular flexibility index (Phi) is 2.15. The predicted molar refractivity (Wildman–Crippen MR) is 39.0 cm³/mol. The maximum atomic E-state index is 12.8. The van der Waals surface area contributed by atoms with Crippen LogP contribution in [0.1, 0.15) is 5.56 Å². The van der Waals surface area contributed by atoms with E-state index in [4.69, 9.17) is 15.5 Å². The van der Waals surface area contributed by atoms with E-state index in [0.29, 0.717) is 0 Å². The van der Waals surface area contributed by atoms with Gasteiger partial charge in [-0.3, -0.25) is 0 Å². The number of aromatic hydroxyl groups is 2. The molecule has 3 nitrogen and oxygen atoms in total. The Hall–Kier alpha value is -1.76. The zero-order valence-electron chi connectivity index (χ0n) is 6.08. The van der Waals surface area contributed by atoms with Crippen molar-refractivity contribution in [1.29, 1.82) is 5.26 Å². The van der Waals surface area contributed by atoms with Crippen molar-refractivity contribution in [2.45, 2.75) is 6.42 Å². The molecule has 0 saturated heterocycles. The first-order valence-electron chi connectivity index (χ1n) is 3.23. The highest BCUT2D eigenvalue weighted by Gasteiger charge is 2.10. The van der Waals surface area contributed by atoms with Gasteiger partial charge in [0.05, 0.1) is 12.5 Å². The summed E-state index contributed by atoms with van der Waals surface area (Å²) in [5.41, 5.74) is -0.169. The van der Waals surface area contributed by atoms with Gasteiger partial charge in [-0.05, 0) is 12.1 Å². The van der Waals surface area contributed by atoms with Crippen LogP contribution < -0.4 is 0 Å². The summed E-state index contributed by atoms with van der Waals surface area (Å²) >= 11 is 0. The van der Waals surface area contributed by atoms with Crippen LogP contribution >= 0.6 is 0 Å². The van der Waals surface area contributed by atoms with Crippen molar-refractivity contribution >= 4 is 0 Å². The van der Waals surface area contributed by atoms with Gasteiger partial charge in [0.2, 0.25) is 0 Å². The van der Waals surface area contributed by atoms with Gasteiger partial charge in [-0.1, -0.05) is 0 Å². The molecule has 0 fully saturated rings. The fourth-order valence-corrected chi connectivity index (χ4v) is 0.847. The number of hydrogen-bond acceptors (Lipinski definition) is 3. The fraction of sp³-hybridized carbons (Fsp3) is 0.125. The second-order valence-corrected chi connectivity index (χ2v) is 2.23. The average Bonchev–Trinajstić information content (AvgIpc) is 2.06. The van der Waals surface area contributed by atoms with Gasteiger partial charge in [0.1, 0.15) is 5.82 Å². The smallest absolute Gasteiger partial charge is 0.164 e. The molecule has 0 radical (unpaired) electrons. The second kappa shape index (κ2) is 3.09. The van der Waals surface area contributed by atoms with Crippen LogP contribution in [0.2, 0.25) is 0 Å². The number of nitriles is 1. The molecule has 0 spiro atoms. The number of halogens is 1. The summed E-state index contributed by atoms with van der Waals surface area (Å²) in [4.78, 5) is 0. The van der Waals surface area contributed by atoms with Crippen LogP contribution in [-0.2, 0) is 6.42 Å². The molecule has 0 aromatic heterocycles. The summed E-state index contributed by atoms with van der Waals surface area (Å²) in [5, 5.41) is 26.2. The minimum atomic E-state index is -0.688. The molecule has 4 heteroatoms. The molecule has 0 atom stereocenters. The van der Waals surface area contributed by atoms with Gasteiger partial charge in [-0.25, -0.2) is 4.39 Å².